The molecule has 0 amide bonds. The smallest absolute Gasteiger partial charge is 0.103 e. The van der Waals surface area contributed by atoms with Crippen LogP contribution in [0.1, 0.15) is 19.3 Å². The highest BCUT2D eigenvalue weighted by atomic mass is 15.4. The van der Waals surface area contributed by atoms with Crippen molar-refractivity contribution in [3.63, 3.8) is 0 Å². The van der Waals surface area contributed by atoms with Gasteiger partial charge in [-0.2, -0.15) is 0 Å². The fraction of sp³-hybridized carbons (Fsp3) is 0.778. The Morgan fingerprint density at radius 2 is 1.64 bits per heavy atom. The first kappa shape index (κ1) is 7.01. The van der Waals surface area contributed by atoms with Crippen molar-refractivity contribution in [3.05, 3.63) is 12.4 Å². The standard InChI is InChI=1S/C9H16N2/c1-10-6-7-11(2)9(10)8-4-3-5-8/h6-9H,3-5H2,1-2H3. The average molecular weight is 152 g/mol. The van der Waals surface area contributed by atoms with E-state index < -0.39 is 0 Å². The van der Waals surface area contributed by atoms with Crippen molar-refractivity contribution < 1.29 is 0 Å². The van der Waals surface area contributed by atoms with Crippen LogP contribution in [0.25, 0.3) is 0 Å². The number of rotatable bonds is 1. The first-order chi connectivity index (χ1) is 5.29. The lowest BCUT2D eigenvalue weighted by molar-refractivity contribution is 0.0798. The SMILES string of the molecule is CN1C=CN(C)C1C1CCC1. The lowest BCUT2D eigenvalue weighted by atomic mass is 9.82. The molecule has 1 saturated carbocycles. The van der Waals surface area contributed by atoms with Crippen LogP contribution in [0.3, 0.4) is 0 Å². The molecule has 0 aromatic rings. The maximum absolute atomic E-state index is 2.32. The summed E-state index contributed by atoms with van der Waals surface area (Å²) >= 11 is 0. The van der Waals surface area contributed by atoms with Crippen LogP contribution in [0.5, 0.6) is 0 Å². The molecule has 1 aliphatic carbocycles. The van der Waals surface area contributed by atoms with E-state index in [9.17, 15) is 0 Å². The molecular weight excluding hydrogens is 136 g/mol. The molecule has 62 valence electrons. The van der Waals surface area contributed by atoms with Crippen molar-refractivity contribution in [3.8, 4) is 0 Å². The average Bonchev–Trinajstić information content (AvgIpc) is 2.15. The fourth-order valence-electron chi connectivity index (χ4n) is 2.08. The summed E-state index contributed by atoms with van der Waals surface area (Å²) in [5.41, 5.74) is 0. The van der Waals surface area contributed by atoms with E-state index >= 15 is 0 Å². The lowest BCUT2D eigenvalue weighted by Crippen LogP contribution is -2.43. The van der Waals surface area contributed by atoms with Gasteiger partial charge in [0.15, 0.2) is 0 Å². The van der Waals surface area contributed by atoms with Crippen LogP contribution in [-0.2, 0) is 0 Å². The molecule has 1 fully saturated rings. The minimum absolute atomic E-state index is 0.656. The van der Waals surface area contributed by atoms with Crippen LogP contribution in [0, 0.1) is 5.92 Å². The summed E-state index contributed by atoms with van der Waals surface area (Å²) in [7, 11) is 4.34. The van der Waals surface area contributed by atoms with Crippen LogP contribution < -0.4 is 0 Å². The highest BCUT2D eigenvalue weighted by Crippen LogP contribution is 2.34. The minimum Gasteiger partial charge on any atom is -0.359 e. The zero-order chi connectivity index (χ0) is 7.84. The Kier molecular flexibility index (Phi) is 1.55. The molecule has 1 aliphatic heterocycles. The Bertz CT molecular complexity index is 160. The molecule has 2 aliphatic rings. The summed E-state index contributed by atoms with van der Waals surface area (Å²) in [4.78, 5) is 4.65. The largest absolute Gasteiger partial charge is 0.359 e. The van der Waals surface area contributed by atoms with Crippen LogP contribution in [0.15, 0.2) is 12.4 Å². The summed E-state index contributed by atoms with van der Waals surface area (Å²) in [6.07, 6.45) is 9.26. The first-order valence-corrected chi connectivity index (χ1v) is 4.41. The molecular formula is C9H16N2. The molecule has 2 heteroatoms. The molecule has 0 aromatic heterocycles. The molecule has 0 radical (unpaired) electrons. The van der Waals surface area contributed by atoms with Crippen molar-refractivity contribution >= 4 is 0 Å². The Balaban J connectivity index is 2.01. The molecule has 11 heavy (non-hydrogen) atoms. The maximum Gasteiger partial charge on any atom is 0.103 e. The zero-order valence-corrected chi connectivity index (χ0v) is 7.33. The van der Waals surface area contributed by atoms with Gasteiger partial charge in [0.1, 0.15) is 6.17 Å². The van der Waals surface area contributed by atoms with E-state index in [1.165, 1.54) is 19.3 Å². The predicted molar refractivity (Wildman–Crippen MR) is 45.8 cm³/mol. The van der Waals surface area contributed by atoms with Gasteiger partial charge in [0, 0.05) is 26.5 Å². The minimum atomic E-state index is 0.656. The van der Waals surface area contributed by atoms with Crippen molar-refractivity contribution in [2.45, 2.75) is 25.4 Å². The molecule has 2 rings (SSSR count). The number of hydrogen-bond donors (Lipinski definition) is 0. The molecule has 0 unspecified atom stereocenters. The van der Waals surface area contributed by atoms with Crippen LogP contribution in [0.4, 0.5) is 0 Å². The molecule has 0 aromatic carbocycles. The molecule has 0 bridgehead atoms. The lowest BCUT2D eigenvalue weighted by Gasteiger charge is -2.39. The second kappa shape index (κ2) is 2.43. The molecule has 2 nitrogen and oxygen atoms in total. The highest BCUT2D eigenvalue weighted by molar-refractivity contribution is 4.98. The summed E-state index contributed by atoms with van der Waals surface area (Å²) in [6, 6.07) is 0. The number of nitrogens with zero attached hydrogens (tertiary/aromatic N) is 2. The van der Waals surface area contributed by atoms with E-state index in [4.69, 9.17) is 0 Å². The first-order valence-electron chi connectivity index (χ1n) is 4.41. The van der Waals surface area contributed by atoms with E-state index in [2.05, 4.69) is 36.3 Å². The third-order valence-electron chi connectivity index (χ3n) is 2.94. The van der Waals surface area contributed by atoms with Gasteiger partial charge in [-0.25, -0.2) is 0 Å². The van der Waals surface area contributed by atoms with Gasteiger partial charge in [-0.3, -0.25) is 0 Å². The third kappa shape index (κ3) is 1.01. The van der Waals surface area contributed by atoms with Crippen molar-refractivity contribution in [2.24, 2.45) is 5.92 Å². The van der Waals surface area contributed by atoms with Crippen molar-refractivity contribution in [1.82, 2.24) is 9.80 Å². The Hall–Kier alpha value is -0.660. The van der Waals surface area contributed by atoms with E-state index in [0.717, 1.165) is 5.92 Å². The molecule has 0 saturated heterocycles. The predicted octanol–water partition coefficient (Wildman–Crippen LogP) is 1.46. The number of hydrogen-bond acceptors (Lipinski definition) is 2. The normalized spacial score (nSPS) is 26.4. The van der Waals surface area contributed by atoms with E-state index in [1.54, 1.807) is 0 Å². The summed E-state index contributed by atoms with van der Waals surface area (Å²) in [5, 5.41) is 0. The molecule has 0 N–H and O–H groups in total. The summed E-state index contributed by atoms with van der Waals surface area (Å²) in [5.74, 6) is 0.917. The zero-order valence-electron chi connectivity index (χ0n) is 7.33. The third-order valence-corrected chi connectivity index (χ3v) is 2.94. The molecule has 1 heterocycles. The fourth-order valence-corrected chi connectivity index (χ4v) is 2.08. The van der Waals surface area contributed by atoms with Crippen LogP contribution >= 0.6 is 0 Å². The molecule has 0 atom stereocenters. The highest BCUT2D eigenvalue weighted by Gasteiger charge is 2.33. The second-order valence-electron chi connectivity index (χ2n) is 3.73. The summed E-state index contributed by atoms with van der Waals surface area (Å²) < 4.78 is 0. The van der Waals surface area contributed by atoms with Crippen LogP contribution in [-0.4, -0.2) is 30.1 Å². The monoisotopic (exact) mass is 152 g/mol. The van der Waals surface area contributed by atoms with Crippen molar-refractivity contribution in [1.29, 1.82) is 0 Å². The van der Waals surface area contributed by atoms with E-state index in [1.807, 2.05) is 0 Å². The topological polar surface area (TPSA) is 6.48 Å². The molecule has 0 spiro atoms. The van der Waals surface area contributed by atoms with Gasteiger partial charge < -0.3 is 9.80 Å². The van der Waals surface area contributed by atoms with Gasteiger partial charge in [-0.05, 0) is 18.8 Å². The maximum atomic E-state index is 2.32. The van der Waals surface area contributed by atoms with Crippen molar-refractivity contribution in [2.75, 3.05) is 14.1 Å². The summed E-state index contributed by atoms with van der Waals surface area (Å²) in [6.45, 7) is 0. The van der Waals surface area contributed by atoms with Gasteiger partial charge in [0.25, 0.3) is 0 Å². The Morgan fingerprint density at radius 3 is 2.00 bits per heavy atom. The Labute approximate surface area is 68.5 Å². The van der Waals surface area contributed by atoms with Crippen LogP contribution in [0.2, 0.25) is 0 Å². The van der Waals surface area contributed by atoms with E-state index in [-0.39, 0.29) is 0 Å². The second-order valence-corrected chi connectivity index (χ2v) is 3.73. The van der Waals surface area contributed by atoms with E-state index in [0.29, 0.717) is 6.17 Å². The van der Waals surface area contributed by atoms with Gasteiger partial charge >= 0.3 is 0 Å². The van der Waals surface area contributed by atoms with Gasteiger partial charge in [-0.1, -0.05) is 6.42 Å². The van der Waals surface area contributed by atoms with Gasteiger partial charge in [-0.15, -0.1) is 0 Å². The van der Waals surface area contributed by atoms with Gasteiger partial charge in [0.05, 0.1) is 0 Å². The quantitative estimate of drug-likeness (QED) is 0.561. The Morgan fingerprint density at radius 1 is 1.09 bits per heavy atom. The van der Waals surface area contributed by atoms with Gasteiger partial charge in [0.2, 0.25) is 0 Å².